The summed E-state index contributed by atoms with van der Waals surface area (Å²) >= 11 is 6.00. The third kappa shape index (κ3) is 1.76. The van der Waals surface area contributed by atoms with Crippen LogP contribution in [0, 0.1) is 0 Å². The number of hydrogen-bond donors (Lipinski definition) is 0. The predicted octanol–water partition coefficient (Wildman–Crippen LogP) is 3.77. The first kappa shape index (κ1) is 11.0. The molecule has 0 fully saturated rings. The summed E-state index contributed by atoms with van der Waals surface area (Å²) in [6, 6.07) is 7.75. The van der Waals surface area contributed by atoms with Crippen LogP contribution in [0.15, 0.2) is 34.8 Å². The van der Waals surface area contributed by atoms with E-state index in [-0.39, 0.29) is 0 Å². The average Bonchev–Trinajstić information content (AvgIpc) is 2.67. The fourth-order valence-corrected chi connectivity index (χ4v) is 1.98. The van der Waals surface area contributed by atoms with Crippen LogP contribution in [-0.2, 0) is 11.2 Å². The summed E-state index contributed by atoms with van der Waals surface area (Å²) in [4.78, 5) is 10.4. The molecule has 0 aliphatic rings. The van der Waals surface area contributed by atoms with E-state index in [9.17, 15) is 4.79 Å². The largest absolute Gasteiger partial charge is 0.455 e. The maximum absolute atomic E-state index is 10.4. The summed E-state index contributed by atoms with van der Waals surface area (Å²) in [5, 5.41) is 1.40. The van der Waals surface area contributed by atoms with Gasteiger partial charge in [-0.25, -0.2) is 0 Å². The SMILES string of the molecule is CCc1c(/C(Cl)=C/C=O)oc2ccccc12. The number of carbonyl (C=O) groups excluding carboxylic acids is 1. The summed E-state index contributed by atoms with van der Waals surface area (Å²) in [5.74, 6) is 0.595. The highest BCUT2D eigenvalue weighted by Gasteiger charge is 2.14. The van der Waals surface area contributed by atoms with Gasteiger partial charge in [-0.1, -0.05) is 36.7 Å². The Balaban J connectivity index is 2.70. The quantitative estimate of drug-likeness (QED) is 0.598. The number of furan rings is 1. The minimum atomic E-state index is 0.350. The molecule has 2 nitrogen and oxygen atoms in total. The predicted molar refractivity (Wildman–Crippen MR) is 65.5 cm³/mol. The van der Waals surface area contributed by atoms with Gasteiger partial charge in [0, 0.05) is 17.0 Å². The van der Waals surface area contributed by atoms with Gasteiger partial charge in [0.25, 0.3) is 0 Å². The van der Waals surface area contributed by atoms with Crippen LogP contribution in [0.25, 0.3) is 16.0 Å². The Bertz CT molecular complexity index is 552. The lowest BCUT2D eigenvalue weighted by atomic mass is 10.1. The fourth-order valence-electron chi connectivity index (χ4n) is 1.78. The van der Waals surface area contributed by atoms with Crippen molar-refractivity contribution in [2.45, 2.75) is 13.3 Å². The molecule has 0 saturated heterocycles. The van der Waals surface area contributed by atoms with E-state index in [1.54, 1.807) is 0 Å². The van der Waals surface area contributed by atoms with E-state index in [1.807, 2.05) is 31.2 Å². The number of carbonyl (C=O) groups is 1. The van der Waals surface area contributed by atoms with Gasteiger partial charge in [0.05, 0.1) is 5.03 Å². The number of rotatable bonds is 3. The van der Waals surface area contributed by atoms with Crippen molar-refractivity contribution in [3.05, 3.63) is 41.7 Å². The number of hydrogen-bond acceptors (Lipinski definition) is 2. The van der Waals surface area contributed by atoms with Crippen molar-refractivity contribution in [3.63, 3.8) is 0 Å². The molecule has 0 spiro atoms. The Labute approximate surface area is 98.5 Å². The molecule has 0 radical (unpaired) electrons. The third-order valence-corrected chi connectivity index (χ3v) is 2.78. The molecule has 0 aliphatic heterocycles. The Morgan fingerprint density at radius 3 is 2.88 bits per heavy atom. The molecule has 1 aromatic heterocycles. The molecule has 0 N–H and O–H groups in total. The Morgan fingerprint density at radius 2 is 2.19 bits per heavy atom. The number of fused-ring (bicyclic) bond motifs is 1. The lowest BCUT2D eigenvalue weighted by Gasteiger charge is -1.96. The molecular formula is C13H11ClO2. The molecule has 0 amide bonds. The highest BCUT2D eigenvalue weighted by Crippen LogP contribution is 2.32. The van der Waals surface area contributed by atoms with Gasteiger partial charge in [-0.3, -0.25) is 4.79 Å². The van der Waals surface area contributed by atoms with Gasteiger partial charge in [-0.2, -0.15) is 0 Å². The van der Waals surface area contributed by atoms with Gasteiger partial charge in [-0.05, 0) is 12.5 Å². The van der Waals surface area contributed by atoms with Crippen LogP contribution in [-0.4, -0.2) is 6.29 Å². The van der Waals surface area contributed by atoms with Crippen molar-refractivity contribution >= 4 is 33.9 Å². The number of benzene rings is 1. The second kappa shape index (κ2) is 4.54. The van der Waals surface area contributed by atoms with E-state index in [2.05, 4.69) is 0 Å². The molecule has 2 aromatic rings. The summed E-state index contributed by atoms with van der Waals surface area (Å²) in [7, 11) is 0. The monoisotopic (exact) mass is 234 g/mol. The van der Waals surface area contributed by atoms with Gasteiger partial charge in [0.2, 0.25) is 0 Å². The molecule has 3 heteroatoms. The second-order valence-electron chi connectivity index (χ2n) is 3.41. The van der Waals surface area contributed by atoms with E-state index in [0.717, 1.165) is 23.0 Å². The number of allylic oxidation sites excluding steroid dienone is 1. The standard InChI is InChI=1S/C13H11ClO2/c1-2-9-10-5-3-4-6-12(10)16-13(9)11(14)7-8-15/h3-8H,2H2,1H3/b11-7-. The molecule has 16 heavy (non-hydrogen) atoms. The van der Waals surface area contributed by atoms with Gasteiger partial charge < -0.3 is 4.42 Å². The highest BCUT2D eigenvalue weighted by molar-refractivity contribution is 6.49. The summed E-state index contributed by atoms with van der Waals surface area (Å²) in [5.41, 5.74) is 1.84. The summed E-state index contributed by atoms with van der Waals surface area (Å²) < 4.78 is 5.65. The fraction of sp³-hybridized carbons (Fsp3) is 0.154. The van der Waals surface area contributed by atoms with Crippen LogP contribution >= 0.6 is 11.6 Å². The van der Waals surface area contributed by atoms with Gasteiger partial charge in [0.1, 0.15) is 17.6 Å². The van der Waals surface area contributed by atoms with Gasteiger partial charge in [-0.15, -0.1) is 0 Å². The third-order valence-electron chi connectivity index (χ3n) is 2.48. The van der Waals surface area contributed by atoms with Crippen molar-refractivity contribution in [2.24, 2.45) is 0 Å². The zero-order valence-corrected chi connectivity index (χ0v) is 9.62. The van der Waals surface area contributed by atoms with Gasteiger partial charge >= 0.3 is 0 Å². The Hall–Kier alpha value is -1.54. The Morgan fingerprint density at radius 1 is 1.44 bits per heavy atom. The summed E-state index contributed by atoms with van der Waals surface area (Å²) in [6.07, 6.45) is 2.78. The number of aryl methyl sites for hydroxylation is 1. The second-order valence-corrected chi connectivity index (χ2v) is 3.82. The highest BCUT2D eigenvalue weighted by atomic mass is 35.5. The number of halogens is 1. The topological polar surface area (TPSA) is 30.2 Å². The van der Waals surface area contributed by atoms with E-state index in [4.69, 9.17) is 16.0 Å². The molecule has 0 unspecified atom stereocenters. The molecular weight excluding hydrogens is 224 g/mol. The van der Waals surface area contributed by atoms with Crippen LogP contribution in [0.5, 0.6) is 0 Å². The molecule has 0 aliphatic carbocycles. The van der Waals surface area contributed by atoms with Gasteiger partial charge in [0.15, 0.2) is 0 Å². The molecule has 0 saturated carbocycles. The van der Waals surface area contributed by atoms with Crippen LogP contribution < -0.4 is 0 Å². The van der Waals surface area contributed by atoms with E-state index in [0.29, 0.717) is 17.1 Å². The van der Waals surface area contributed by atoms with Crippen molar-refractivity contribution in [1.82, 2.24) is 0 Å². The average molecular weight is 235 g/mol. The van der Waals surface area contributed by atoms with Crippen molar-refractivity contribution in [2.75, 3.05) is 0 Å². The molecule has 1 heterocycles. The normalized spacial score (nSPS) is 12.0. The zero-order valence-electron chi connectivity index (χ0n) is 8.87. The lowest BCUT2D eigenvalue weighted by Crippen LogP contribution is -1.83. The molecule has 2 rings (SSSR count). The minimum absolute atomic E-state index is 0.350. The molecule has 1 aromatic carbocycles. The maximum Gasteiger partial charge on any atom is 0.150 e. The van der Waals surface area contributed by atoms with E-state index in [1.165, 1.54) is 6.08 Å². The smallest absolute Gasteiger partial charge is 0.150 e. The van der Waals surface area contributed by atoms with Crippen molar-refractivity contribution in [3.8, 4) is 0 Å². The Kier molecular flexibility index (Phi) is 3.11. The van der Waals surface area contributed by atoms with E-state index < -0.39 is 0 Å². The number of aldehydes is 1. The van der Waals surface area contributed by atoms with Crippen LogP contribution in [0.1, 0.15) is 18.2 Å². The van der Waals surface area contributed by atoms with E-state index >= 15 is 0 Å². The first-order chi connectivity index (χ1) is 7.77. The van der Waals surface area contributed by atoms with Crippen LogP contribution in [0.3, 0.4) is 0 Å². The van der Waals surface area contributed by atoms with Crippen LogP contribution in [0.4, 0.5) is 0 Å². The first-order valence-corrected chi connectivity index (χ1v) is 5.47. The van der Waals surface area contributed by atoms with Crippen molar-refractivity contribution in [1.29, 1.82) is 0 Å². The first-order valence-electron chi connectivity index (χ1n) is 5.09. The maximum atomic E-state index is 10.4. The molecule has 0 bridgehead atoms. The molecule has 0 atom stereocenters. The van der Waals surface area contributed by atoms with Crippen LogP contribution in [0.2, 0.25) is 0 Å². The summed E-state index contributed by atoms with van der Waals surface area (Å²) in [6.45, 7) is 2.03. The minimum Gasteiger partial charge on any atom is -0.455 e. The lowest BCUT2D eigenvalue weighted by molar-refractivity contribution is -0.104. The van der Waals surface area contributed by atoms with Crippen molar-refractivity contribution < 1.29 is 9.21 Å². The number of para-hydroxylation sites is 1. The zero-order chi connectivity index (χ0) is 11.5. The molecule has 82 valence electrons.